The van der Waals surface area contributed by atoms with Crippen LogP contribution in [-0.2, 0) is 19.4 Å². The van der Waals surface area contributed by atoms with Gasteiger partial charge in [-0.05, 0) is 31.2 Å². The van der Waals surface area contributed by atoms with Crippen molar-refractivity contribution in [2.45, 2.75) is 43.7 Å². The molecule has 0 aromatic heterocycles. The Morgan fingerprint density at radius 3 is 2.48 bits per heavy atom. The van der Waals surface area contributed by atoms with Crippen molar-refractivity contribution in [1.29, 1.82) is 0 Å². The van der Waals surface area contributed by atoms with Gasteiger partial charge in [-0.1, -0.05) is 25.4 Å². The third-order valence-electron chi connectivity index (χ3n) is 5.06. The number of halogens is 1. The molecule has 1 aromatic rings. The minimum atomic E-state index is -3.49. The lowest BCUT2D eigenvalue weighted by Gasteiger charge is -2.57. The van der Waals surface area contributed by atoms with E-state index >= 15 is 0 Å². The second kappa shape index (κ2) is 7.23. The largest absolute Gasteiger partial charge is 0.378 e. The van der Waals surface area contributed by atoms with E-state index in [1.807, 2.05) is 20.8 Å². The van der Waals surface area contributed by atoms with Crippen molar-refractivity contribution in [2.24, 2.45) is 11.1 Å². The summed E-state index contributed by atoms with van der Waals surface area (Å²) in [5.41, 5.74) is 4.70. The molecule has 0 spiro atoms. The minimum Gasteiger partial charge on any atom is -0.378 e. The van der Waals surface area contributed by atoms with Gasteiger partial charge in [-0.15, -0.1) is 0 Å². The fourth-order valence-corrected chi connectivity index (χ4v) is 4.32. The number of hydrogen-bond donors (Lipinski definition) is 2. The van der Waals surface area contributed by atoms with Crippen molar-refractivity contribution >= 4 is 27.3 Å². The Bertz CT molecular complexity index is 734. The second-order valence-electron chi connectivity index (χ2n) is 6.87. The Kier molecular flexibility index (Phi) is 5.83. The fourth-order valence-electron chi connectivity index (χ4n) is 3.04. The first-order valence-electron chi connectivity index (χ1n) is 8.21. The van der Waals surface area contributed by atoms with E-state index in [9.17, 15) is 13.2 Å². The van der Waals surface area contributed by atoms with Gasteiger partial charge in [-0.3, -0.25) is 4.79 Å². The highest BCUT2D eigenvalue weighted by molar-refractivity contribution is 7.91. The van der Waals surface area contributed by atoms with Crippen molar-refractivity contribution < 1.29 is 17.9 Å². The number of carbonyl (C=O) groups is 1. The summed E-state index contributed by atoms with van der Waals surface area (Å²) >= 11 is 5.77. The van der Waals surface area contributed by atoms with Crippen LogP contribution in [0.2, 0.25) is 5.02 Å². The zero-order valence-corrected chi connectivity index (χ0v) is 16.3. The molecule has 1 saturated carbocycles. The van der Waals surface area contributed by atoms with Crippen LogP contribution in [0, 0.1) is 5.41 Å². The molecule has 0 aliphatic heterocycles. The number of nitrogens with one attached hydrogen (secondary N) is 1. The maximum Gasteiger partial charge on any atom is 0.240 e. The molecule has 8 heteroatoms. The van der Waals surface area contributed by atoms with Crippen molar-refractivity contribution in [3.8, 4) is 0 Å². The van der Waals surface area contributed by atoms with Gasteiger partial charge >= 0.3 is 0 Å². The zero-order valence-electron chi connectivity index (χ0n) is 14.7. The molecular weight excluding hydrogens is 364 g/mol. The predicted molar refractivity (Wildman–Crippen MR) is 97.2 cm³/mol. The molecule has 1 fully saturated rings. The first kappa shape index (κ1) is 20.2. The fraction of sp³-hybridized carbons (Fsp3) is 0.588. The topological polar surface area (TPSA) is 98.5 Å². The van der Waals surface area contributed by atoms with E-state index in [-0.39, 0.29) is 29.2 Å². The maximum absolute atomic E-state index is 12.5. The molecule has 2 atom stereocenters. The quantitative estimate of drug-likeness (QED) is 0.741. The van der Waals surface area contributed by atoms with Crippen LogP contribution < -0.4 is 11.1 Å². The Hall–Kier alpha value is -1.15. The van der Waals surface area contributed by atoms with Gasteiger partial charge in [0.25, 0.3) is 0 Å². The van der Waals surface area contributed by atoms with E-state index in [4.69, 9.17) is 22.1 Å². The molecule has 0 bridgehead atoms. The molecule has 2 rings (SSSR count). The summed E-state index contributed by atoms with van der Waals surface area (Å²) in [5, 5.41) is 3.12. The van der Waals surface area contributed by atoms with Crippen LogP contribution in [0.4, 0.5) is 0 Å². The third-order valence-corrected chi connectivity index (χ3v) is 7.05. The summed E-state index contributed by atoms with van der Waals surface area (Å²) in [4.78, 5) is 12.7. The zero-order chi connectivity index (χ0) is 18.9. The summed E-state index contributed by atoms with van der Waals surface area (Å²) in [7, 11) is -3.49. The van der Waals surface area contributed by atoms with Gasteiger partial charge in [0.15, 0.2) is 9.84 Å². The van der Waals surface area contributed by atoms with Crippen molar-refractivity contribution in [2.75, 3.05) is 18.9 Å². The number of hydrogen-bond acceptors (Lipinski definition) is 5. The standard InChI is InChI=1S/C17H25ClN2O4S/c1-4-24-14-11-17(19,16(14,2)3)15(21)20-9-10-25(22,23)13-7-5-12(18)6-8-13/h5-8,14H,4,9-11,19H2,1-3H3,(H,20,21). The van der Waals surface area contributed by atoms with Crippen LogP contribution in [0.15, 0.2) is 29.2 Å². The van der Waals surface area contributed by atoms with Crippen LogP contribution in [0.25, 0.3) is 0 Å². The first-order chi connectivity index (χ1) is 11.5. The van der Waals surface area contributed by atoms with Gasteiger partial charge in [0.1, 0.15) is 5.54 Å². The number of nitrogens with two attached hydrogens (primary N) is 1. The molecule has 1 aliphatic rings. The molecule has 1 aliphatic carbocycles. The molecule has 3 N–H and O–H groups in total. The molecule has 25 heavy (non-hydrogen) atoms. The smallest absolute Gasteiger partial charge is 0.240 e. The van der Waals surface area contributed by atoms with Gasteiger partial charge < -0.3 is 15.8 Å². The number of amides is 1. The lowest BCUT2D eigenvalue weighted by atomic mass is 9.54. The molecule has 1 amide bonds. The predicted octanol–water partition coefficient (Wildman–Crippen LogP) is 1.76. The molecule has 0 radical (unpaired) electrons. The van der Waals surface area contributed by atoms with Gasteiger partial charge in [-0.25, -0.2) is 8.42 Å². The van der Waals surface area contributed by atoms with Crippen molar-refractivity contribution in [3.05, 3.63) is 29.3 Å². The van der Waals surface area contributed by atoms with Crippen LogP contribution >= 0.6 is 11.6 Å². The van der Waals surface area contributed by atoms with Crippen molar-refractivity contribution in [3.63, 3.8) is 0 Å². The van der Waals surface area contributed by atoms with Gasteiger partial charge in [0.2, 0.25) is 5.91 Å². The van der Waals surface area contributed by atoms with Crippen LogP contribution in [-0.4, -0.2) is 44.9 Å². The SMILES string of the molecule is CCOC1CC(N)(C(=O)NCCS(=O)(=O)c2ccc(Cl)cc2)C1(C)C. The monoisotopic (exact) mass is 388 g/mol. The molecular formula is C17H25ClN2O4S. The van der Waals surface area contributed by atoms with Gasteiger partial charge in [0.05, 0.1) is 16.8 Å². The Morgan fingerprint density at radius 2 is 1.96 bits per heavy atom. The van der Waals surface area contributed by atoms with Crippen LogP contribution in [0.5, 0.6) is 0 Å². The summed E-state index contributed by atoms with van der Waals surface area (Å²) in [6, 6.07) is 5.94. The lowest BCUT2D eigenvalue weighted by molar-refractivity contribution is -0.170. The first-order valence-corrected chi connectivity index (χ1v) is 10.2. The number of rotatable bonds is 7. The summed E-state index contributed by atoms with van der Waals surface area (Å²) in [6.07, 6.45) is 0.343. The molecule has 140 valence electrons. The van der Waals surface area contributed by atoms with E-state index in [0.717, 1.165) is 0 Å². The highest BCUT2D eigenvalue weighted by Gasteiger charge is 2.62. The normalized spacial score (nSPS) is 25.2. The lowest BCUT2D eigenvalue weighted by Crippen LogP contribution is -2.75. The minimum absolute atomic E-state index is 0.00186. The van der Waals surface area contributed by atoms with Gasteiger partial charge in [0, 0.05) is 30.0 Å². The summed E-state index contributed by atoms with van der Waals surface area (Å²) < 4.78 is 30.2. The molecule has 0 heterocycles. The molecule has 6 nitrogen and oxygen atoms in total. The average Bonchev–Trinajstić information content (AvgIpc) is 2.54. The Balaban J connectivity index is 1.93. The van der Waals surface area contributed by atoms with E-state index in [2.05, 4.69) is 5.32 Å². The third kappa shape index (κ3) is 3.84. The summed E-state index contributed by atoms with van der Waals surface area (Å²) in [6.45, 7) is 6.24. The van der Waals surface area contributed by atoms with E-state index < -0.39 is 20.8 Å². The number of ether oxygens (including phenoxy) is 1. The highest BCUT2D eigenvalue weighted by Crippen LogP contribution is 2.49. The molecule has 0 saturated heterocycles. The maximum atomic E-state index is 12.5. The van der Waals surface area contributed by atoms with E-state index in [1.54, 1.807) is 0 Å². The van der Waals surface area contributed by atoms with Crippen LogP contribution in [0.1, 0.15) is 27.2 Å². The summed E-state index contributed by atoms with van der Waals surface area (Å²) in [5.74, 6) is -0.550. The van der Waals surface area contributed by atoms with Gasteiger partial charge in [-0.2, -0.15) is 0 Å². The molecule has 2 unspecified atom stereocenters. The van der Waals surface area contributed by atoms with Crippen LogP contribution in [0.3, 0.4) is 0 Å². The number of carbonyl (C=O) groups excluding carboxylic acids is 1. The number of benzene rings is 1. The Labute approximate surface area is 154 Å². The van der Waals surface area contributed by atoms with E-state index in [0.29, 0.717) is 18.1 Å². The van der Waals surface area contributed by atoms with Crippen molar-refractivity contribution in [1.82, 2.24) is 5.32 Å². The highest BCUT2D eigenvalue weighted by atomic mass is 35.5. The molecule has 1 aromatic carbocycles. The second-order valence-corrected chi connectivity index (χ2v) is 9.42. The Morgan fingerprint density at radius 1 is 1.36 bits per heavy atom. The number of sulfone groups is 1. The van der Waals surface area contributed by atoms with E-state index in [1.165, 1.54) is 24.3 Å². The average molecular weight is 389 g/mol.